The van der Waals surface area contributed by atoms with Crippen LogP contribution >= 0.6 is 11.6 Å². The molecule has 0 fully saturated rings. The van der Waals surface area contributed by atoms with Crippen molar-refractivity contribution < 1.29 is 14.0 Å². The summed E-state index contributed by atoms with van der Waals surface area (Å²) < 4.78 is 5.51. The van der Waals surface area contributed by atoms with Crippen molar-refractivity contribution in [2.45, 2.75) is 13.8 Å². The van der Waals surface area contributed by atoms with Gasteiger partial charge < -0.3 is 15.1 Å². The van der Waals surface area contributed by atoms with Gasteiger partial charge in [0.2, 0.25) is 5.91 Å². The maximum Gasteiger partial charge on any atom is 0.291 e. The highest BCUT2D eigenvalue weighted by Crippen LogP contribution is 2.27. The summed E-state index contributed by atoms with van der Waals surface area (Å²) in [7, 11) is 0. The number of anilines is 2. The fraction of sp³-hybridized carbons (Fsp3) is 0.118. The lowest BCUT2D eigenvalue weighted by molar-refractivity contribution is -0.114. The van der Waals surface area contributed by atoms with Gasteiger partial charge in [-0.3, -0.25) is 9.59 Å². The molecule has 2 heterocycles. The predicted molar refractivity (Wildman–Crippen MR) is 92.5 cm³/mol. The van der Waals surface area contributed by atoms with Crippen LogP contribution in [0.2, 0.25) is 5.02 Å². The third-order valence-electron chi connectivity index (χ3n) is 3.28. The van der Waals surface area contributed by atoms with E-state index in [1.54, 1.807) is 36.4 Å². The fourth-order valence-corrected chi connectivity index (χ4v) is 2.41. The summed E-state index contributed by atoms with van der Waals surface area (Å²) in [4.78, 5) is 28.0. The Bertz CT molecular complexity index is 949. The van der Waals surface area contributed by atoms with E-state index in [9.17, 15) is 9.59 Å². The zero-order chi connectivity index (χ0) is 17.3. The first-order valence-corrected chi connectivity index (χ1v) is 7.56. The van der Waals surface area contributed by atoms with Crippen LogP contribution in [0.3, 0.4) is 0 Å². The van der Waals surface area contributed by atoms with E-state index < -0.39 is 5.91 Å². The summed E-state index contributed by atoms with van der Waals surface area (Å²) >= 11 is 5.97. The van der Waals surface area contributed by atoms with E-state index in [4.69, 9.17) is 16.0 Å². The van der Waals surface area contributed by atoms with Gasteiger partial charge in [0, 0.05) is 23.7 Å². The van der Waals surface area contributed by atoms with Crippen molar-refractivity contribution >= 4 is 45.9 Å². The van der Waals surface area contributed by atoms with Gasteiger partial charge in [-0.1, -0.05) is 11.6 Å². The minimum Gasteiger partial charge on any atom is -0.449 e. The summed E-state index contributed by atoms with van der Waals surface area (Å²) in [6, 6.07) is 9.92. The topological polar surface area (TPSA) is 84.2 Å². The first-order chi connectivity index (χ1) is 11.4. The van der Waals surface area contributed by atoms with Gasteiger partial charge in [0.05, 0.1) is 11.4 Å². The Morgan fingerprint density at radius 3 is 2.62 bits per heavy atom. The number of nitrogens with one attached hydrogen (secondary N) is 2. The minimum absolute atomic E-state index is 0.122. The van der Waals surface area contributed by atoms with E-state index in [1.165, 1.54) is 6.92 Å². The van der Waals surface area contributed by atoms with Crippen LogP contribution in [0.4, 0.5) is 11.4 Å². The third-order valence-corrected chi connectivity index (χ3v) is 3.51. The highest BCUT2D eigenvalue weighted by atomic mass is 35.5. The molecule has 0 bridgehead atoms. The standard InChI is InChI=1S/C17H14ClN3O3/c1-9-3-6-15-14(19-9)8-16(24-15)17(23)21-13-7-11(18)4-5-12(13)20-10(2)22/h3-8H,1-2H3,(H,20,22)(H,21,23). The lowest BCUT2D eigenvalue weighted by Crippen LogP contribution is -2.14. The Hall–Kier alpha value is -2.86. The van der Waals surface area contributed by atoms with E-state index in [1.807, 2.05) is 6.92 Å². The zero-order valence-corrected chi connectivity index (χ0v) is 13.8. The molecule has 0 radical (unpaired) electrons. The molecule has 7 heteroatoms. The van der Waals surface area contributed by atoms with Gasteiger partial charge in [0.1, 0.15) is 5.52 Å². The Kier molecular flexibility index (Phi) is 4.22. The van der Waals surface area contributed by atoms with Crippen LogP contribution in [0.15, 0.2) is 40.8 Å². The molecule has 122 valence electrons. The first kappa shape index (κ1) is 16.0. The van der Waals surface area contributed by atoms with Crippen LogP contribution in [0, 0.1) is 6.92 Å². The zero-order valence-electron chi connectivity index (χ0n) is 13.0. The molecule has 0 atom stereocenters. The number of furan rings is 1. The molecule has 24 heavy (non-hydrogen) atoms. The Morgan fingerprint density at radius 2 is 1.88 bits per heavy atom. The first-order valence-electron chi connectivity index (χ1n) is 7.18. The van der Waals surface area contributed by atoms with Crippen LogP contribution in [0.5, 0.6) is 0 Å². The Labute approximate surface area is 142 Å². The number of carbonyl (C=O) groups is 2. The van der Waals surface area contributed by atoms with Gasteiger partial charge in [0.15, 0.2) is 11.3 Å². The molecule has 2 amide bonds. The molecule has 3 rings (SSSR count). The number of hydrogen-bond acceptors (Lipinski definition) is 4. The van der Waals surface area contributed by atoms with Gasteiger partial charge in [-0.2, -0.15) is 0 Å². The summed E-state index contributed by atoms with van der Waals surface area (Å²) in [6.45, 7) is 3.24. The van der Waals surface area contributed by atoms with Crippen molar-refractivity contribution in [3.63, 3.8) is 0 Å². The SMILES string of the molecule is CC(=O)Nc1ccc(Cl)cc1NC(=O)c1cc2nc(C)ccc2o1. The van der Waals surface area contributed by atoms with Gasteiger partial charge in [0.25, 0.3) is 5.91 Å². The second-order valence-electron chi connectivity index (χ2n) is 5.27. The van der Waals surface area contributed by atoms with Crippen molar-refractivity contribution in [1.82, 2.24) is 4.98 Å². The number of amides is 2. The van der Waals surface area contributed by atoms with Crippen molar-refractivity contribution in [3.8, 4) is 0 Å². The molecule has 0 unspecified atom stereocenters. The number of rotatable bonds is 3. The van der Waals surface area contributed by atoms with Crippen LogP contribution < -0.4 is 10.6 Å². The van der Waals surface area contributed by atoms with Gasteiger partial charge in [-0.05, 0) is 37.3 Å². The van der Waals surface area contributed by atoms with Crippen molar-refractivity contribution in [2.75, 3.05) is 10.6 Å². The molecule has 0 aliphatic rings. The third kappa shape index (κ3) is 3.38. The Balaban J connectivity index is 1.90. The molecular weight excluding hydrogens is 330 g/mol. The maximum atomic E-state index is 12.4. The van der Waals surface area contributed by atoms with Gasteiger partial charge >= 0.3 is 0 Å². The number of benzene rings is 1. The number of aryl methyl sites for hydroxylation is 1. The van der Waals surface area contributed by atoms with Crippen LogP contribution in [0.1, 0.15) is 23.2 Å². The smallest absolute Gasteiger partial charge is 0.291 e. The summed E-state index contributed by atoms with van der Waals surface area (Å²) in [5.41, 5.74) is 2.79. The minimum atomic E-state index is -0.459. The lowest BCUT2D eigenvalue weighted by Gasteiger charge is -2.11. The average molecular weight is 344 g/mol. The monoisotopic (exact) mass is 343 g/mol. The highest BCUT2D eigenvalue weighted by molar-refractivity contribution is 6.31. The van der Waals surface area contributed by atoms with E-state index in [-0.39, 0.29) is 11.7 Å². The second kappa shape index (κ2) is 6.33. The molecule has 2 aromatic heterocycles. The molecule has 1 aromatic carbocycles. The number of fused-ring (bicyclic) bond motifs is 1. The van der Waals surface area contributed by atoms with Crippen molar-refractivity contribution in [3.05, 3.63) is 52.9 Å². The van der Waals surface area contributed by atoms with Crippen molar-refractivity contribution in [1.29, 1.82) is 0 Å². The van der Waals surface area contributed by atoms with Gasteiger partial charge in [-0.25, -0.2) is 4.98 Å². The molecule has 2 N–H and O–H groups in total. The summed E-state index contributed by atoms with van der Waals surface area (Å²) in [5.74, 6) is -0.590. The van der Waals surface area contributed by atoms with E-state index in [2.05, 4.69) is 15.6 Å². The molecule has 6 nitrogen and oxygen atoms in total. The van der Waals surface area contributed by atoms with E-state index in [0.717, 1.165) is 5.69 Å². The van der Waals surface area contributed by atoms with Gasteiger partial charge in [-0.15, -0.1) is 0 Å². The van der Waals surface area contributed by atoms with Crippen LogP contribution in [0.25, 0.3) is 11.1 Å². The Morgan fingerprint density at radius 1 is 1.08 bits per heavy atom. The molecule has 0 aliphatic heterocycles. The molecule has 0 saturated heterocycles. The van der Waals surface area contributed by atoms with Crippen LogP contribution in [-0.4, -0.2) is 16.8 Å². The fourth-order valence-electron chi connectivity index (χ4n) is 2.24. The van der Waals surface area contributed by atoms with Crippen molar-refractivity contribution in [2.24, 2.45) is 0 Å². The molecule has 0 aliphatic carbocycles. The molecular formula is C17H14ClN3O3. The maximum absolute atomic E-state index is 12.4. The molecule has 0 spiro atoms. The number of nitrogens with zero attached hydrogens (tertiary/aromatic N) is 1. The highest BCUT2D eigenvalue weighted by Gasteiger charge is 2.15. The lowest BCUT2D eigenvalue weighted by atomic mass is 10.2. The largest absolute Gasteiger partial charge is 0.449 e. The average Bonchev–Trinajstić information content (AvgIpc) is 2.92. The number of aromatic nitrogens is 1. The summed E-state index contributed by atoms with van der Waals surface area (Å²) in [6.07, 6.45) is 0. The molecule has 3 aromatic rings. The quantitative estimate of drug-likeness (QED) is 0.752. The number of pyridine rings is 1. The number of carbonyl (C=O) groups excluding carboxylic acids is 2. The summed E-state index contributed by atoms with van der Waals surface area (Å²) in [5, 5.41) is 5.76. The second-order valence-corrected chi connectivity index (χ2v) is 5.71. The van der Waals surface area contributed by atoms with Crippen LogP contribution in [-0.2, 0) is 4.79 Å². The molecule has 0 saturated carbocycles. The number of halogens is 1. The predicted octanol–water partition coefficient (Wildman–Crippen LogP) is 4.00. The van der Waals surface area contributed by atoms with E-state index >= 15 is 0 Å². The normalized spacial score (nSPS) is 10.6. The van der Waals surface area contributed by atoms with E-state index in [0.29, 0.717) is 27.5 Å². The number of hydrogen-bond donors (Lipinski definition) is 2.